The molecule has 0 radical (unpaired) electrons. The summed E-state index contributed by atoms with van der Waals surface area (Å²) in [4.78, 5) is 29.1. The first-order valence-electron chi connectivity index (χ1n) is 9.72. The Balaban J connectivity index is 1.66. The molecular formula is C24H25N3O2. The maximum absolute atomic E-state index is 13.1. The SMILES string of the molecule is C=CCN(Cc1ccc(C#N)cc1)C(=O)C1CC(=O)N(Cc2ccc(C)cc2)C1. The standard InChI is InChI=1S/C24H25N3O2/c1-3-12-26(15-21-10-8-19(14-25)9-11-21)24(29)22-13-23(28)27(17-22)16-20-6-4-18(2)5-7-20/h3-11,22H,1,12-13,15-17H2,2H3. The summed E-state index contributed by atoms with van der Waals surface area (Å²) in [6.07, 6.45) is 1.94. The second kappa shape index (κ2) is 9.20. The summed E-state index contributed by atoms with van der Waals surface area (Å²) in [6, 6.07) is 17.4. The van der Waals surface area contributed by atoms with Crippen molar-refractivity contribution in [3.8, 4) is 6.07 Å². The van der Waals surface area contributed by atoms with Crippen molar-refractivity contribution in [2.45, 2.75) is 26.4 Å². The molecule has 1 unspecified atom stereocenters. The molecular weight excluding hydrogens is 362 g/mol. The first kappa shape index (κ1) is 20.3. The van der Waals surface area contributed by atoms with E-state index in [1.165, 1.54) is 5.56 Å². The van der Waals surface area contributed by atoms with Crippen LogP contribution in [0, 0.1) is 24.2 Å². The van der Waals surface area contributed by atoms with Gasteiger partial charge < -0.3 is 9.80 Å². The Morgan fingerprint density at radius 3 is 2.48 bits per heavy atom. The molecule has 29 heavy (non-hydrogen) atoms. The van der Waals surface area contributed by atoms with Crippen LogP contribution in [-0.4, -0.2) is 34.7 Å². The van der Waals surface area contributed by atoms with E-state index in [2.05, 4.69) is 12.6 Å². The van der Waals surface area contributed by atoms with Crippen molar-refractivity contribution in [2.24, 2.45) is 5.92 Å². The molecule has 1 aliphatic heterocycles. The molecule has 0 aliphatic carbocycles. The summed E-state index contributed by atoms with van der Waals surface area (Å²) in [6.45, 7) is 7.60. The van der Waals surface area contributed by atoms with Crippen LogP contribution in [0.4, 0.5) is 0 Å². The van der Waals surface area contributed by atoms with Crippen LogP contribution in [-0.2, 0) is 22.7 Å². The molecule has 5 heteroatoms. The van der Waals surface area contributed by atoms with E-state index >= 15 is 0 Å². The minimum atomic E-state index is -0.341. The number of rotatable bonds is 7. The third-order valence-corrected chi connectivity index (χ3v) is 5.18. The molecule has 5 nitrogen and oxygen atoms in total. The highest BCUT2D eigenvalue weighted by atomic mass is 16.2. The van der Waals surface area contributed by atoms with E-state index in [0.29, 0.717) is 31.7 Å². The fraction of sp³-hybridized carbons (Fsp3) is 0.292. The maximum atomic E-state index is 13.1. The number of amides is 2. The third-order valence-electron chi connectivity index (χ3n) is 5.18. The Kier molecular flexibility index (Phi) is 6.46. The van der Waals surface area contributed by atoms with Crippen molar-refractivity contribution in [3.63, 3.8) is 0 Å². The lowest BCUT2D eigenvalue weighted by atomic mass is 10.1. The molecule has 1 atom stereocenters. The fourth-order valence-electron chi connectivity index (χ4n) is 3.56. The topological polar surface area (TPSA) is 64.4 Å². The number of nitriles is 1. The van der Waals surface area contributed by atoms with E-state index < -0.39 is 0 Å². The molecule has 1 fully saturated rings. The summed E-state index contributed by atoms with van der Waals surface area (Å²) in [5, 5.41) is 8.93. The molecule has 148 valence electrons. The van der Waals surface area contributed by atoms with E-state index in [0.717, 1.165) is 11.1 Å². The summed E-state index contributed by atoms with van der Waals surface area (Å²) < 4.78 is 0. The van der Waals surface area contributed by atoms with E-state index in [-0.39, 0.29) is 24.2 Å². The van der Waals surface area contributed by atoms with Crippen molar-refractivity contribution in [2.75, 3.05) is 13.1 Å². The number of aryl methyl sites for hydroxylation is 1. The molecule has 1 aliphatic rings. The second-order valence-corrected chi connectivity index (χ2v) is 7.48. The van der Waals surface area contributed by atoms with Gasteiger partial charge in [-0.15, -0.1) is 6.58 Å². The summed E-state index contributed by atoms with van der Waals surface area (Å²) in [5.74, 6) is -0.360. The lowest BCUT2D eigenvalue weighted by Crippen LogP contribution is -2.37. The van der Waals surface area contributed by atoms with Crippen LogP contribution >= 0.6 is 0 Å². The zero-order valence-electron chi connectivity index (χ0n) is 16.7. The maximum Gasteiger partial charge on any atom is 0.228 e. The molecule has 1 heterocycles. The quantitative estimate of drug-likeness (QED) is 0.684. The lowest BCUT2D eigenvalue weighted by Gasteiger charge is -2.24. The Morgan fingerprint density at radius 2 is 1.86 bits per heavy atom. The number of benzene rings is 2. The zero-order valence-corrected chi connectivity index (χ0v) is 16.7. The van der Waals surface area contributed by atoms with Crippen LogP contribution in [0.2, 0.25) is 0 Å². The van der Waals surface area contributed by atoms with Crippen molar-refractivity contribution in [1.29, 1.82) is 5.26 Å². The molecule has 1 saturated heterocycles. The largest absolute Gasteiger partial charge is 0.338 e. The van der Waals surface area contributed by atoms with Gasteiger partial charge in [0.2, 0.25) is 11.8 Å². The highest BCUT2D eigenvalue weighted by Crippen LogP contribution is 2.23. The van der Waals surface area contributed by atoms with Gasteiger partial charge in [-0.25, -0.2) is 0 Å². The molecule has 2 amide bonds. The summed E-state index contributed by atoms with van der Waals surface area (Å²) >= 11 is 0. The van der Waals surface area contributed by atoms with Gasteiger partial charge in [0.25, 0.3) is 0 Å². The van der Waals surface area contributed by atoms with Crippen LogP contribution in [0.3, 0.4) is 0 Å². The molecule has 0 spiro atoms. The van der Waals surface area contributed by atoms with Gasteiger partial charge in [0.1, 0.15) is 0 Å². The number of hydrogen-bond donors (Lipinski definition) is 0. The van der Waals surface area contributed by atoms with Crippen LogP contribution in [0.5, 0.6) is 0 Å². The van der Waals surface area contributed by atoms with E-state index in [1.54, 1.807) is 28.0 Å². The molecule has 0 saturated carbocycles. The third kappa shape index (κ3) is 5.11. The molecule has 0 N–H and O–H groups in total. The smallest absolute Gasteiger partial charge is 0.228 e. The van der Waals surface area contributed by atoms with Crippen molar-refractivity contribution in [1.82, 2.24) is 9.80 Å². The minimum absolute atomic E-state index is 0.0147. The van der Waals surface area contributed by atoms with Crippen LogP contribution in [0.15, 0.2) is 61.2 Å². The highest BCUT2D eigenvalue weighted by molar-refractivity contribution is 5.89. The predicted molar refractivity (Wildman–Crippen MR) is 111 cm³/mol. The highest BCUT2D eigenvalue weighted by Gasteiger charge is 2.36. The van der Waals surface area contributed by atoms with Gasteiger partial charge in [-0.1, -0.05) is 48.0 Å². The van der Waals surface area contributed by atoms with Crippen molar-refractivity contribution in [3.05, 3.63) is 83.4 Å². The predicted octanol–water partition coefficient (Wildman–Crippen LogP) is 3.43. The van der Waals surface area contributed by atoms with Gasteiger partial charge in [-0.2, -0.15) is 5.26 Å². The number of nitrogens with zero attached hydrogens (tertiary/aromatic N) is 3. The van der Waals surface area contributed by atoms with E-state index in [4.69, 9.17) is 5.26 Å². The Hall–Kier alpha value is -3.39. The van der Waals surface area contributed by atoms with Gasteiger partial charge >= 0.3 is 0 Å². The van der Waals surface area contributed by atoms with E-state index in [1.807, 2.05) is 43.3 Å². The average Bonchev–Trinajstić information content (AvgIpc) is 3.09. The second-order valence-electron chi connectivity index (χ2n) is 7.48. The minimum Gasteiger partial charge on any atom is -0.338 e. The van der Waals surface area contributed by atoms with Gasteiger partial charge in [0.05, 0.1) is 17.6 Å². The van der Waals surface area contributed by atoms with E-state index in [9.17, 15) is 9.59 Å². The van der Waals surface area contributed by atoms with Gasteiger partial charge in [-0.05, 0) is 30.2 Å². The van der Waals surface area contributed by atoms with Gasteiger partial charge in [-0.3, -0.25) is 9.59 Å². The monoisotopic (exact) mass is 387 g/mol. The molecule has 3 rings (SSSR count). The first-order chi connectivity index (χ1) is 14.0. The molecule has 2 aromatic rings. The van der Waals surface area contributed by atoms with Crippen molar-refractivity contribution < 1.29 is 9.59 Å². The average molecular weight is 387 g/mol. The lowest BCUT2D eigenvalue weighted by molar-refractivity contribution is -0.135. The fourth-order valence-corrected chi connectivity index (χ4v) is 3.56. The van der Waals surface area contributed by atoms with Crippen LogP contribution < -0.4 is 0 Å². The van der Waals surface area contributed by atoms with Gasteiger partial charge in [0, 0.05) is 32.6 Å². The Bertz CT molecular complexity index is 926. The van der Waals surface area contributed by atoms with Crippen LogP contribution in [0.1, 0.15) is 28.7 Å². The summed E-state index contributed by atoms with van der Waals surface area (Å²) in [5.41, 5.74) is 3.78. The number of carbonyl (C=O) groups excluding carboxylic acids is 2. The number of likely N-dealkylation sites (tertiary alicyclic amines) is 1. The normalized spacial score (nSPS) is 15.8. The Labute approximate surface area is 171 Å². The molecule has 0 bridgehead atoms. The molecule has 0 aromatic heterocycles. The number of carbonyl (C=O) groups is 2. The Morgan fingerprint density at radius 1 is 1.21 bits per heavy atom. The first-order valence-corrected chi connectivity index (χ1v) is 9.72. The molecule has 2 aromatic carbocycles. The van der Waals surface area contributed by atoms with Crippen molar-refractivity contribution >= 4 is 11.8 Å². The number of hydrogen-bond acceptors (Lipinski definition) is 3. The van der Waals surface area contributed by atoms with Gasteiger partial charge in [0.15, 0.2) is 0 Å². The summed E-state index contributed by atoms with van der Waals surface area (Å²) in [7, 11) is 0. The zero-order chi connectivity index (χ0) is 20.8. The van der Waals surface area contributed by atoms with Crippen LogP contribution in [0.25, 0.3) is 0 Å².